The van der Waals surface area contributed by atoms with Crippen LogP contribution < -0.4 is 10.1 Å². The van der Waals surface area contributed by atoms with E-state index in [1.165, 1.54) is 28.2 Å². The van der Waals surface area contributed by atoms with E-state index in [1.807, 2.05) is 30.4 Å². The van der Waals surface area contributed by atoms with Crippen LogP contribution in [0, 0.1) is 13.8 Å². The number of hydrogen-bond acceptors (Lipinski definition) is 4. The maximum absolute atomic E-state index is 5.80. The van der Waals surface area contributed by atoms with Crippen LogP contribution in [-0.4, -0.2) is 11.0 Å². The summed E-state index contributed by atoms with van der Waals surface area (Å²) in [4.78, 5) is 6.99. The molecule has 1 N–H and O–H groups in total. The standard InChI is InChI=1S/C16H20N2OS/c1-11-3-6-15(8-17-11)19-10-13-7-16(20-12(13)2)9-18-14-4-5-14/h3,6-8,14,18H,4-5,9-10H2,1-2H3. The van der Waals surface area contributed by atoms with Crippen molar-refractivity contribution >= 4 is 11.3 Å². The van der Waals surface area contributed by atoms with Gasteiger partial charge < -0.3 is 10.1 Å². The zero-order chi connectivity index (χ0) is 13.9. The van der Waals surface area contributed by atoms with Gasteiger partial charge in [-0.3, -0.25) is 4.98 Å². The Hall–Kier alpha value is -1.39. The van der Waals surface area contributed by atoms with E-state index in [0.29, 0.717) is 6.61 Å². The van der Waals surface area contributed by atoms with Crippen molar-refractivity contribution in [1.29, 1.82) is 0 Å². The number of nitrogens with one attached hydrogen (secondary N) is 1. The molecule has 0 atom stereocenters. The Morgan fingerprint density at radius 2 is 2.20 bits per heavy atom. The van der Waals surface area contributed by atoms with Gasteiger partial charge in [0.15, 0.2) is 0 Å². The molecule has 4 heteroatoms. The van der Waals surface area contributed by atoms with Crippen molar-refractivity contribution in [3.05, 3.63) is 45.4 Å². The van der Waals surface area contributed by atoms with E-state index in [4.69, 9.17) is 4.74 Å². The Morgan fingerprint density at radius 1 is 1.35 bits per heavy atom. The molecule has 1 aliphatic rings. The maximum Gasteiger partial charge on any atom is 0.138 e. The largest absolute Gasteiger partial charge is 0.487 e. The van der Waals surface area contributed by atoms with Crippen LogP contribution in [-0.2, 0) is 13.2 Å². The number of aromatic nitrogens is 1. The van der Waals surface area contributed by atoms with Crippen LogP contribution in [0.1, 0.15) is 33.9 Å². The highest BCUT2D eigenvalue weighted by atomic mass is 32.1. The Kier molecular flexibility index (Phi) is 4.03. The van der Waals surface area contributed by atoms with Crippen LogP contribution in [0.5, 0.6) is 5.75 Å². The predicted octanol–water partition coefficient (Wildman–Crippen LogP) is 3.59. The van der Waals surface area contributed by atoms with Gasteiger partial charge in [-0.25, -0.2) is 0 Å². The molecule has 2 aromatic heterocycles. The fourth-order valence-electron chi connectivity index (χ4n) is 2.05. The number of thiophene rings is 1. The van der Waals surface area contributed by atoms with Crippen LogP contribution in [0.3, 0.4) is 0 Å². The van der Waals surface area contributed by atoms with Gasteiger partial charge in [-0.15, -0.1) is 11.3 Å². The molecule has 0 aromatic carbocycles. The van der Waals surface area contributed by atoms with Crippen LogP contribution in [0.25, 0.3) is 0 Å². The molecule has 1 fully saturated rings. The molecule has 2 aromatic rings. The fourth-order valence-corrected chi connectivity index (χ4v) is 3.05. The summed E-state index contributed by atoms with van der Waals surface area (Å²) in [6.45, 7) is 5.75. The summed E-state index contributed by atoms with van der Waals surface area (Å²) in [7, 11) is 0. The van der Waals surface area contributed by atoms with E-state index in [0.717, 1.165) is 24.0 Å². The first kappa shape index (κ1) is 13.6. The highest BCUT2D eigenvalue weighted by molar-refractivity contribution is 7.12. The van der Waals surface area contributed by atoms with Gasteiger partial charge in [-0.2, -0.15) is 0 Å². The number of rotatable bonds is 6. The maximum atomic E-state index is 5.80. The van der Waals surface area contributed by atoms with Gasteiger partial charge in [0.1, 0.15) is 12.4 Å². The molecule has 0 spiro atoms. The van der Waals surface area contributed by atoms with Crippen LogP contribution in [0.2, 0.25) is 0 Å². The Morgan fingerprint density at radius 3 is 2.90 bits per heavy atom. The van der Waals surface area contributed by atoms with Gasteiger partial charge in [-0.05, 0) is 44.9 Å². The average molecular weight is 288 g/mol. The minimum absolute atomic E-state index is 0.622. The summed E-state index contributed by atoms with van der Waals surface area (Å²) in [5.74, 6) is 0.832. The van der Waals surface area contributed by atoms with Gasteiger partial charge in [0, 0.05) is 33.6 Å². The molecule has 2 heterocycles. The lowest BCUT2D eigenvalue weighted by molar-refractivity contribution is 0.304. The molecule has 1 saturated carbocycles. The van der Waals surface area contributed by atoms with Crippen molar-refractivity contribution < 1.29 is 4.74 Å². The molecule has 20 heavy (non-hydrogen) atoms. The Bertz CT molecular complexity index is 573. The van der Waals surface area contributed by atoms with Crippen LogP contribution in [0.15, 0.2) is 24.4 Å². The van der Waals surface area contributed by atoms with Crippen LogP contribution >= 0.6 is 11.3 Å². The van der Waals surface area contributed by atoms with Gasteiger partial charge in [-0.1, -0.05) is 0 Å². The van der Waals surface area contributed by atoms with Gasteiger partial charge in [0.2, 0.25) is 0 Å². The zero-order valence-corrected chi connectivity index (χ0v) is 12.8. The second-order valence-electron chi connectivity index (χ2n) is 5.37. The van der Waals surface area contributed by atoms with Gasteiger partial charge in [0.05, 0.1) is 6.20 Å². The molecular formula is C16H20N2OS. The lowest BCUT2D eigenvalue weighted by Gasteiger charge is -2.05. The molecule has 0 amide bonds. The number of aryl methyl sites for hydroxylation is 2. The quantitative estimate of drug-likeness (QED) is 0.882. The van der Waals surface area contributed by atoms with Crippen molar-refractivity contribution in [3.63, 3.8) is 0 Å². The second-order valence-corrected chi connectivity index (χ2v) is 6.71. The minimum atomic E-state index is 0.622. The van der Waals surface area contributed by atoms with E-state index in [2.05, 4.69) is 23.3 Å². The van der Waals surface area contributed by atoms with Crippen molar-refractivity contribution in [2.45, 2.75) is 45.9 Å². The second kappa shape index (κ2) is 5.94. The van der Waals surface area contributed by atoms with E-state index < -0.39 is 0 Å². The van der Waals surface area contributed by atoms with Gasteiger partial charge in [0.25, 0.3) is 0 Å². The van der Waals surface area contributed by atoms with Gasteiger partial charge >= 0.3 is 0 Å². The van der Waals surface area contributed by atoms with E-state index in [9.17, 15) is 0 Å². The molecule has 0 bridgehead atoms. The van der Waals surface area contributed by atoms with E-state index in [1.54, 1.807) is 6.20 Å². The smallest absolute Gasteiger partial charge is 0.138 e. The zero-order valence-electron chi connectivity index (χ0n) is 12.0. The lowest BCUT2D eigenvalue weighted by atomic mass is 10.2. The summed E-state index contributed by atoms with van der Waals surface area (Å²) >= 11 is 1.86. The normalized spacial score (nSPS) is 14.5. The summed E-state index contributed by atoms with van der Waals surface area (Å²) in [5, 5.41) is 3.55. The number of ether oxygens (including phenoxy) is 1. The third kappa shape index (κ3) is 3.58. The number of nitrogens with zero attached hydrogens (tertiary/aromatic N) is 1. The molecule has 3 rings (SSSR count). The topological polar surface area (TPSA) is 34.1 Å². The first-order valence-electron chi connectivity index (χ1n) is 7.08. The summed E-state index contributed by atoms with van der Waals surface area (Å²) in [5.41, 5.74) is 2.29. The van der Waals surface area contributed by atoms with Crippen molar-refractivity contribution in [2.24, 2.45) is 0 Å². The van der Waals surface area contributed by atoms with Crippen molar-refractivity contribution in [3.8, 4) is 5.75 Å². The third-order valence-corrected chi connectivity index (χ3v) is 4.59. The number of hydrogen-bond donors (Lipinski definition) is 1. The first-order valence-corrected chi connectivity index (χ1v) is 7.89. The minimum Gasteiger partial charge on any atom is -0.487 e. The van der Waals surface area contributed by atoms with Crippen molar-refractivity contribution in [1.82, 2.24) is 10.3 Å². The SMILES string of the molecule is Cc1ccc(OCc2cc(CNC3CC3)sc2C)cn1. The lowest BCUT2D eigenvalue weighted by Crippen LogP contribution is -2.14. The van der Waals surface area contributed by atoms with E-state index in [-0.39, 0.29) is 0 Å². The number of pyridine rings is 1. The average Bonchev–Trinajstić information content (AvgIpc) is 3.20. The van der Waals surface area contributed by atoms with Crippen molar-refractivity contribution in [2.75, 3.05) is 0 Å². The molecular weight excluding hydrogens is 268 g/mol. The Balaban J connectivity index is 1.57. The molecule has 3 nitrogen and oxygen atoms in total. The molecule has 0 aliphatic heterocycles. The molecule has 1 aliphatic carbocycles. The highest BCUT2D eigenvalue weighted by Gasteiger charge is 2.20. The monoisotopic (exact) mass is 288 g/mol. The molecule has 106 valence electrons. The predicted molar refractivity (Wildman–Crippen MR) is 82.2 cm³/mol. The molecule has 0 radical (unpaired) electrons. The highest BCUT2D eigenvalue weighted by Crippen LogP contribution is 2.25. The molecule has 0 saturated heterocycles. The molecule has 0 unspecified atom stereocenters. The summed E-state index contributed by atoms with van der Waals surface area (Å²) in [6, 6.07) is 6.97. The summed E-state index contributed by atoms with van der Waals surface area (Å²) < 4.78 is 5.80. The third-order valence-electron chi connectivity index (χ3n) is 3.49. The Labute approximate surface area is 124 Å². The first-order chi connectivity index (χ1) is 9.70. The summed E-state index contributed by atoms with van der Waals surface area (Å²) in [6.07, 6.45) is 4.45. The van der Waals surface area contributed by atoms with E-state index >= 15 is 0 Å². The fraction of sp³-hybridized carbons (Fsp3) is 0.438. The van der Waals surface area contributed by atoms with Crippen LogP contribution in [0.4, 0.5) is 0 Å².